The maximum Gasteiger partial charge on any atom is 0.340 e. The molecule has 7 nitrogen and oxygen atoms in total. The number of hydrogen-bond acceptors (Lipinski definition) is 4. The van der Waals surface area contributed by atoms with Crippen molar-refractivity contribution in [1.82, 2.24) is 15.2 Å². The van der Waals surface area contributed by atoms with Gasteiger partial charge in [0.2, 0.25) is 0 Å². The molecule has 0 unspecified atom stereocenters. The average molecular weight is 438 g/mol. The molecule has 2 fully saturated rings. The number of ether oxygens (including phenoxy) is 1. The van der Waals surface area contributed by atoms with Gasteiger partial charge in [-0.1, -0.05) is 12.1 Å². The molecule has 4 rings (SSSR count). The molecule has 1 aromatic heterocycles. The highest BCUT2D eigenvalue weighted by Crippen LogP contribution is 2.31. The van der Waals surface area contributed by atoms with Gasteiger partial charge in [0, 0.05) is 29.9 Å². The lowest BCUT2D eigenvalue weighted by Gasteiger charge is -2.22. The van der Waals surface area contributed by atoms with Crippen LogP contribution >= 0.6 is 0 Å². The van der Waals surface area contributed by atoms with Crippen LogP contribution in [0.3, 0.4) is 0 Å². The Labute approximate surface area is 188 Å². The van der Waals surface area contributed by atoms with Crippen LogP contribution < -0.4 is 5.32 Å². The van der Waals surface area contributed by atoms with Crippen molar-refractivity contribution in [2.75, 3.05) is 0 Å². The van der Waals surface area contributed by atoms with Gasteiger partial charge in [0.15, 0.2) is 0 Å². The van der Waals surface area contributed by atoms with E-state index in [9.17, 15) is 14.4 Å². The van der Waals surface area contributed by atoms with Gasteiger partial charge < -0.3 is 19.9 Å². The minimum atomic E-state index is -0.414. The molecule has 2 amide bonds. The van der Waals surface area contributed by atoms with Crippen LogP contribution in [0.25, 0.3) is 0 Å². The lowest BCUT2D eigenvalue weighted by Crippen LogP contribution is -2.33. The number of aromatic amines is 1. The minimum absolute atomic E-state index is 0.0486. The number of rotatable bonds is 8. The summed E-state index contributed by atoms with van der Waals surface area (Å²) in [5.74, 6) is -0.581. The molecule has 0 spiro atoms. The highest BCUT2D eigenvalue weighted by Gasteiger charge is 2.35. The summed E-state index contributed by atoms with van der Waals surface area (Å²) in [4.78, 5) is 43.1. The van der Waals surface area contributed by atoms with E-state index >= 15 is 0 Å². The van der Waals surface area contributed by atoms with Gasteiger partial charge in [-0.15, -0.1) is 0 Å². The minimum Gasteiger partial charge on any atom is -0.459 e. The fourth-order valence-corrected chi connectivity index (χ4v) is 3.89. The average Bonchev–Trinajstić information content (AvgIpc) is 3.65. The second-order valence-electron chi connectivity index (χ2n) is 9.19. The first kappa shape index (κ1) is 22.1. The van der Waals surface area contributed by atoms with Crippen LogP contribution in [-0.2, 0) is 11.3 Å². The van der Waals surface area contributed by atoms with Crippen molar-refractivity contribution in [2.45, 2.75) is 78.1 Å². The van der Waals surface area contributed by atoms with Gasteiger partial charge in [-0.2, -0.15) is 0 Å². The summed E-state index contributed by atoms with van der Waals surface area (Å²) in [5.41, 5.74) is 3.73. The Morgan fingerprint density at radius 1 is 1.09 bits per heavy atom. The maximum atomic E-state index is 13.4. The predicted octanol–water partition coefficient (Wildman–Crippen LogP) is 3.89. The number of hydrogen-bond donors (Lipinski definition) is 2. The summed E-state index contributed by atoms with van der Waals surface area (Å²) in [6.07, 6.45) is 3.81. The number of aromatic nitrogens is 1. The van der Waals surface area contributed by atoms with Crippen molar-refractivity contribution in [3.05, 3.63) is 57.9 Å². The van der Waals surface area contributed by atoms with Gasteiger partial charge in [0.1, 0.15) is 5.69 Å². The van der Waals surface area contributed by atoms with E-state index in [1.54, 1.807) is 27.7 Å². The zero-order chi connectivity index (χ0) is 23.0. The van der Waals surface area contributed by atoms with E-state index < -0.39 is 5.97 Å². The Balaban J connectivity index is 1.50. The molecule has 2 aromatic rings. The van der Waals surface area contributed by atoms with Crippen molar-refractivity contribution >= 4 is 17.8 Å². The van der Waals surface area contributed by atoms with E-state index in [2.05, 4.69) is 10.3 Å². The van der Waals surface area contributed by atoms with Gasteiger partial charge in [0.25, 0.3) is 11.8 Å². The number of carbonyl (C=O) groups excluding carboxylic acids is 3. The van der Waals surface area contributed by atoms with E-state index in [4.69, 9.17) is 4.74 Å². The third-order valence-corrected chi connectivity index (χ3v) is 5.93. The molecule has 0 aliphatic heterocycles. The number of H-pyrrole nitrogens is 1. The third-order valence-electron chi connectivity index (χ3n) is 5.93. The highest BCUT2D eigenvalue weighted by atomic mass is 16.5. The number of aryl methyl sites for hydroxylation is 1. The van der Waals surface area contributed by atoms with Gasteiger partial charge in [0.05, 0.1) is 11.7 Å². The first-order chi connectivity index (χ1) is 15.2. The van der Waals surface area contributed by atoms with Crippen LogP contribution in [-0.4, -0.2) is 45.9 Å². The van der Waals surface area contributed by atoms with Crippen LogP contribution in [0.1, 0.15) is 87.6 Å². The first-order valence-electron chi connectivity index (χ1n) is 11.4. The normalized spacial score (nSPS) is 15.5. The van der Waals surface area contributed by atoms with Gasteiger partial charge in [-0.3, -0.25) is 9.59 Å². The molecular weight excluding hydrogens is 406 g/mol. The summed E-state index contributed by atoms with van der Waals surface area (Å²) < 4.78 is 5.35. The third kappa shape index (κ3) is 4.87. The molecule has 1 heterocycles. The van der Waals surface area contributed by atoms with Crippen LogP contribution in [0.4, 0.5) is 0 Å². The van der Waals surface area contributed by atoms with Gasteiger partial charge in [-0.05, 0) is 76.6 Å². The topological polar surface area (TPSA) is 91.5 Å². The molecule has 0 radical (unpaired) electrons. The molecule has 1 aromatic carbocycles. The molecule has 2 saturated carbocycles. The molecule has 7 heteroatoms. The number of esters is 1. The summed E-state index contributed by atoms with van der Waals surface area (Å²) >= 11 is 0. The van der Waals surface area contributed by atoms with Crippen LogP contribution in [0.15, 0.2) is 24.3 Å². The lowest BCUT2D eigenvalue weighted by molar-refractivity contribution is 0.0376. The monoisotopic (exact) mass is 437 g/mol. The zero-order valence-electron chi connectivity index (χ0n) is 19.2. The van der Waals surface area contributed by atoms with Crippen LogP contribution in [0.2, 0.25) is 0 Å². The lowest BCUT2D eigenvalue weighted by atomic mass is 10.1. The molecule has 2 aliphatic carbocycles. The largest absolute Gasteiger partial charge is 0.459 e. The SMILES string of the molecule is Cc1[nH]c(C(=O)N(Cc2ccc(C(=O)NC3CC3)cc2)C2CC2)c(C)c1C(=O)OC(C)C. The van der Waals surface area contributed by atoms with Crippen molar-refractivity contribution in [2.24, 2.45) is 0 Å². The van der Waals surface area contributed by atoms with Crippen molar-refractivity contribution in [1.29, 1.82) is 0 Å². The predicted molar refractivity (Wildman–Crippen MR) is 121 cm³/mol. The Hall–Kier alpha value is -3.09. The quantitative estimate of drug-likeness (QED) is 0.613. The first-order valence-corrected chi connectivity index (χ1v) is 11.4. The Kier molecular flexibility index (Phi) is 6.09. The molecule has 2 N–H and O–H groups in total. The van der Waals surface area contributed by atoms with Gasteiger partial charge in [-0.25, -0.2) is 4.79 Å². The molecule has 32 heavy (non-hydrogen) atoms. The van der Waals surface area contributed by atoms with Crippen molar-refractivity contribution < 1.29 is 19.1 Å². The van der Waals surface area contributed by atoms with E-state index in [1.807, 2.05) is 29.2 Å². The Bertz CT molecular complexity index is 1030. The second kappa shape index (κ2) is 8.81. The summed E-state index contributed by atoms with van der Waals surface area (Å²) in [7, 11) is 0. The number of carbonyl (C=O) groups is 3. The van der Waals surface area contributed by atoms with E-state index in [0.717, 1.165) is 31.2 Å². The van der Waals surface area contributed by atoms with Crippen molar-refractivity contribution in [3.8, 4) is 0 Å². The molecule has 0 atom stereocenters. The maximum absolute atomic E-state index is 13.4. The zero-order valence-corrected chi connectivity index (χ0v) is 19.2. The number of nitrogens with zero attached hydrogens (tertiary/aromatic N) is 1. The molecule has 170 valence electrons. The van der Waals surface area contributed by atoms with Crippen LogP contribution in [0.5, 0.6) is 0 Å². The second-order valence-corrected chi connectivity index (χ2v) is 9.19. The Morgan fingerprint density at radius 2 is 1.75 bits per heavy atom. The fourth-order valence-electron chi connectivity index (χ4n) is 3.89. The molecular formula is C25H31N3O4. The summed E-state index contributed by atoms with van der Waals surface area (Å²) in [6, 6.07) is 7.94. The molecule has 0 bridgehead atoms. The number of nitrogens with one attached hydrogen (secondary N) is 2. The van der Waals surface area contributed by atoms with Gasteiger partial charge >= 0.3 is 5.97 Å². The molecule has 0 saturated heterocycles. The fraction of sp³-hybridized carbons (Fsp3) is 0.480. The number of amides is 2. The van der Waals surface area contributed by atoms with E-state index in [1.165, 1.54) is 0 Å². The van der Waals surface area contributed by atoms with E-state index in [-0.39, 0.29) is 24.0 Å². The number of benzene rings is 1. The summed E-state index contributed by atoms with van der Waals surface area (Å²) in [6.45, 7) is 7.63. The van der Waals surface area contributed by atoms with E-state index in [0.29, 0.717) is 40.7 Å². The Morgan fingerprint density at radius 3 is 2.31 bits per heavy atom. The standard InChI is InChI=1S/C25H31N3O4/c1-14(2)32-25(31)21-15(3)22(26-16(21)4)24(30)28(20-11-12-20)13-17-5-7-18(8-6-17)23(29)27-19-9-10-19/h5-8,14,19-20,26H,9-13H2,1-4H3,(H,27,29). The van der Waals surface area contributed by atoms with Crippen molar-refractivity contribution in [3.63, 3.8) is 0 Å². The molecule has 2 aliphatic rings. The highest BCUT2D eigenvalue weighted by molar-refractivity contribution is 6.00. The summed E-state index contributed by atoms with van der Waals surface area (Å²) in [5, 5.41) is 2.99. The smallest absolute Gasteiger partial charge is 0.340 e. The van der Waals surface area contributed by atoms with Crippen LogP contribution in [0, 0.1) is 13.8 Å².